The number of aliphatic hydroxyl groups is 2. The highest BCUT2D eigenvalue weighted by Crippen LogP contribution is 2.28. The van der Waals surface area contributed by atoms with Crippen molar-refractivity contribution in [3.63, 3.8) is 0 Å². The Morgan fingerprint density at radius 1 is 1.29 bits per heavy atom. The molecule has 0 aliphatic heterocycles. The van der Waals surface area contributed by atoms with E-state index in [0.29, 0.717) is 25.6 Å². The molecule has 0 saturated heterocycles. The Morgan fingerprint density at radius 2 is 2.06 bits per heavy atom. The lowest BCUT2D eigenvalue weighted by molar-refractivity contribution is 0.0695. The van der Waals surface area contributed by atoms with Gasteiger partial charge >= 0.3 is 0 Å². The van der Waals surface area contributed by atoms with E-state index in [-0.39, 0.29) is 6.61 Å². The zero-order valence-electron chi connectivity index (χ0n) is 9.73. The largest absolute Gasteiger partial charge is 0.491 e. The van der Waals surface area contributed by atoms with E-state index in [1.54, 1.807) is 6.92 Å². The van der Waals surface area contributed by atoms with Crippen molar-refractivity contribution in [2.24, 2.45) is 0 Å². The topological polar surface area (TPSA) is 58.9 Å². The molecular weight excluding hydrogens is 288 g/mol. The molecule has 1 unspecified atom stereocenters. The molecule has 1 rings (SSSR count). The van der Waals surface area contributed by atoms with Gasteiger partial charge in [0.2, 0.25) is 0 Å². The van der Waals surface area contributed by atoms with E-state index >= 15 is 0 Å². The molecule has 0 amide bonds. The van der Waals surface area contributed by atoms with E-state index in [4.69, 9.17) is 14.6 Å². The maximum absolute atomic E-state index is 9.58. The zero-order valence-corrected chi connectivity index (χ0v) is 11.3. The van der Waals surface area contributed by atoms with Crippen molar-refractivity contribution in [2.45, 2.75) is 13.0 Å². The summed E-state index contributed by atoms with van der Waals surface area (Å²) in [5.41, 5.74) is 0.746. The predicted octanol–water partition coefficient (Wildman–Crippen LogP) is 1.89. The SMILES string of the molecule is CC(O)c1ccc(Br)cc1OCCOCCO. The Balaban J connectivity index is 2.53. The minimum absolute atomic E-state index is 0.00973. The third kappa shape index (κ3) is 5.04. The summed E-state index contributed by atoms with van der Waals surface area (Å²) in [6, 6.07) is 5.49. The molecule has 0 saturated carbocycles. The van der Waals surface area contributed by atoms with Gasteiger partial charge in [0.05, 0.1) is 25.9 Å². The quantitative estimate of drug-likeness (QED) is 0.755. The monoisotopic (exact) mass is 304 g/mol. The van der Waals surface area contributed by atoms with Crippen LogP contribution in [0.4, 0.5) is 0 Å². The van der Waals surface area contributed by atoms with Crippen molar-refractivity contribution in [3.8, 4) is 5.75 Å². The van der Waals surface area contributed by atoms with Crippen molar-refractivity contribution in [2.75, 3.05) is 26.4 Å². The van der Waals surface area contributed by atoms with Crippen LogP contribution in [0.5, 0.6) is 5.75 Å². The second-order valence-electron chi connectivity index (χ2n) is 3.54. The first-order valence-corrected chi connectivity index (χ1v) is 6.23. The average molecular weight is 305 g/mol. The molecule has 0 radical (unpaired) electrons. The van der Waals surface area contributed by atoms with Gasteiger partial charge < -0.3 is 19.7 Å². The standard InChI is InChI=1S/C12H17BrO4/c1-9(15)11-3-2-10(13)8-12(11)17-7-6-16-5-4-14/h2-3,8-9,14-15H,4-7H2,1H3. The predicted molar refractivity (Wildman–Crippen MR) is 68.2 cm³/mol. The maximum Gasteiger partial charge on any atom is 0.126 e. The van der Waals surface area contributed by atoms with Crippen LogP contribution in [0.1, 0.15) is 18.6 Å². The second kappa shape index (κ2) is 7.66. The molecule has 1 atom stereocenters. The van der Waals surface area contributed by atoms with Gasteiger partial charge in [0.25, 0.3) is 0 Å². The van der Waals surface area contributed by atoms with Gasteiger partial charge in [0.15, 0.2) is 0 Å². The number of ether oxygens (including phenoxy) is 2. The van der Waals surface area contributed by atoms with Crippen molar-refractivity contribution in [3.05, 3.63) is 28.2 Å². The summed E-state index contributed by atoms with van der Waals surface area (Å²) in [7, 11) is 0. The number of hydrogen-bond donors (Lipinski definition) is 2. The first-order chi connectivity index (χ1) is 8.15. The van der Waals surface area contributed by atoms with Crippen molar-refractivity contribution >= 4 is 15.9 Å². The van der Waals surface area contributed by atoms with Crippen molar-refractivity contribution in [1.82, 2.24) is 0 Å². The van der Waals surface area contributed by atoms with Crippen LogP contribution in [0.3, 0.4) is 0 Å². The molecule has 17 heavy (non-hydrogen) atoms. The molecule has 1 aromatic rings. The van der Waals surface area contributed by atoms with Crippen molar-refractivity contribution in [1.29, 1.82) is 0 Å². The van der Waals surface area contributed by atoms with E-state index in [1.165, 1.54) is 0 Å². The van der Waals surface area contributed by atoms with Gasteiger partial charge in [-0.3, -0.25) is 0 Å². The molecule has 0 bridgehead atoms. The summed E-state index contributed by atoms with van der Waals surface area (Å²) in [4.78, 5) is 0. The van der Waals surface area contributed by atoms with Crippen molar-refractivity contribution < 1.29 is 19.7 Å². The molecule has 96 valence electrons. The van der Waals surface area contributed by atoms with Crippen LogP contribution in [-0.2, 0) is 4.74 Å². The van der Waals surface area contributed by atoms with Gasteiger partial charge in [-0.15, -0.1) is 0 Å². The summed E-state index contributed by atoms with van der Waals surface area (Å²) in [6.45, 7) is 2.81. The van der Waals surface area contributed by atoms with E-state index in [2.05, 4.69) is 15.9 Å². The number of benzene rings is 1. The first kappa shape index (κ1) is 14.4. The summed E-state index contributed by atoms with van der Waals surface area (Å²) in [6.07, 6.45) is -0.573. The van der Waals surface area contributed by atoms with E-state index in [9.17, 15) is 5.11 Å². The zero-order chi connectivity index (χ0) is 12.7. The minimum atomic E-state index is -0.573. The van der Waals surface area contributed by atoms with Crippen LogP contribution in [0.15, 0.2) is 22.7 Å². The Labute approximate surface area is 109 Å². The van der Waals surface area contributed by atoms with Gasteiger partial charge in [-0.1, -0.05) is 22.0 Å². The Kier molecular flexibility index (Phi) is 6.50. The first-order valence-electron chi connectivity index (χ1n) is 5.44. The molecule has 5 heteroatoms. The molecule has 0 spiro atoms. The molecule has 0 aromatic heterocycles. The minimum Gasteiger partial charge on any atom is -0.491 e. The molecule has 0 aliphatic carbocycles. The molecule has 0 aliphatic rings. The Hall–Kier alpha value is -0.620. The Bertz CT molecular complexity index is 341. The van der Waals surface area contributed by atoms with Crippen LogP contribution in [0, 0.1) is 0 Å². The molecule has 0 fully saturated rings. The molecular formula is C12H17BrO4. The lowest BCUT2D eigenvalue weighted by atomic mass is 10.1. The number of hydrogen-bond acceptors (Lipinski definition) is 4. The number of aliphatic hydroxyl groups excluding tert-OH is 2. The van der Waals surface area contributed by atoms with E-state index in [0.717, 1.165) is 10.0 Å². The molecule has 4 nitrogen and oxygen atoms in total. The highest BCUT2D eigenvalue weighted by Gasteiger charge is 2.09. The van der Waals surface area contributed by atoms with Crippen LogP contribution >= 0.6 is 15.9 Å². The highest BCUT2D eigenvalue weighted by atomic mass is 79.9. The van der Waals surface area contributed by atoms with Crippen LogP contribution in [-0.4, -0.2) is 36.6 Å². The average Bonchev–Trinajstić information content (AvgIpc) is 2.28. The number of halogens is 1. The third-order valence-corrected chi connectivity index (χ3v) is 2.64. The summed E-state index contributed by atoms with van der Waals surface area (Å²) in [5.74, 6) is 0.641. The fraction of sp³-hybridized carbons (Fsp3) is 0.500. The highest BCUT2D eigenvalue weighted by molar-refractivity contribution is 9.10. The van der Waals surface area contributed by atoms with Crippen LogP contribution in [0.2, 0.25) is 0 Å². The molecule has 1 aromatic carbocycles. The fourth-order valence-corrected chi connectivity index (χ4v) is 1.70. The van der Waals surface area contributed by atoms with Gasteiger partial charge in [-0.2, -0.15) is 0 Å². The summed E-state index contributed by atoms with van der Waals surface area (Å²) in [5, 5.41) is 18.1. The van der Waals surface area contributed by atoms with Gasteiger partial charge in [-0.25, -0.2) is 0 Å². The van der Waals surface area contributed by atoms with E-state index in [1.807, 2.05) is 18.2 Å². The second-order valence-corrected chi connectivity index (χ2v) is 4.46. The lowest BCUT2D eigenvalue weighted by Gasteiger charge is -2.13. The third-order valence-electron chi connectivity index (χ3n) is 2.15. The normalized spacial score (nSPS) is 12.5. The maximum atomic E-state index is 9.58. The smallest absolute Gasteiger partial charge is 0.126 e. The van der Waals surface area contributed by atoms with Gasteiger partial charge in [0, 0.05) is 10.0 Å². The van der Waals surface area contributed by atoms with E-state index < -0.39 is 6.10 Å². The van der Waals surface area contributed by atoms with Gasteiger partial charge in [-0.05, 0) is 19.1 Å². The number of rotatable bonds is 7. The molecule has 2 N–H and O–H groups in total. The van der Waals surface area contributed by atoms with Crippen LogP contribution < -0.4 is 4.74 Å². The fourth-order valence-electron chi connectivity index (χ4n) is 1.36. The lowest BCUT2D eigenvalue weighted by Crippen LogP contribution is -2.10. The van der Waals surface area contributed by atoms with Gasteiger partial charge in [0.1, 0.15) is 12.4 Å². The summed E-state index contributed by atoms with van der Waals surface area (Å²) >= 11 is 3.35. The summed E-state index contributed by atoms with van der Waals surface area (Å²) < 4.78 is 11.5. The molecule has 0 heterocycles. The Morgan fingerprint density at radius 3 is 2.71 bits per heavy atom. The van der Waals surface area contributed by atoms with Crippen LogP contribution in [0.25, 0.3) is 0 Å².